The lowest BCUT2D eigenvalue weighted by molar-refractivity contribution is 0.567. The molecule has 74 valence electrons. The van der Waals surface area contributed by atoms with Gasteiger partial charge in [0.15, 0.2) is 0 Å². The number of hydrogen-bond acceptors (Lipinski definition) is 3. The third kappa shape index (κ3) is 3.38. The van der Waals surface area contributed by atoms with E-state index in [0.29, 0.717) is 6.04 Å². The van der Waals surface area contributed by atoms with Crippen LogP contribution in [0.15, 0.2) is 15.9 Å². The second-order valence-electron chi connectivity index (χ2n) is 2.95. The number of nitrogens with one attached hydrogen (secondary N) is 1. The summed E-state index contributed by atoms with van der Waals surface area (Å²) in [5, 5.41) is 5.52. The Bertz CT molecular complexity index is 250. The number of halogens is 1. The molecule has 1 aromatic heterocycles. The van der Waals surface area contributed by atoms with Gasteiger partial charge in [-0.15, -0.1) is 11.3 Å². The van der Waals surface area contributed by atoms with E-state index >= 15 is 0 Å². The Labute approximate surface area is 91.7 Å². The molecule has 0 saturated heterocycles. The van der Waals surface area contributed by atoms with E-state index in [9.17, 15) is 0 Å². The van der Waals surface area contributed by atoms with Crippen LogP contribution in [0.5, 0.6) is 0 Å². The van der Waals surface area contributed by atoms with E-state index in [0.717, 1.165) is 19.5 Å². The van der Waals surface area contributed by atoms with Crippen LogP contribution in [0, 0.1) is 0 Å². The second-order valence-corrected chi connectivity index (χ2v) is 4.75. The highest BCUT2D eigenvalue weighted by Crippen LogP contribution is 2.28. The largest absolute Gasteiger partial charge is 0.330 e. The van der Waals surface area contributed by atoms with E-state index in [1.54, 1.807) is 11.3 Å². The van der Waals surface area contributed by atoms with Gasteiger partial charge in [-0.05, 0) is 53.8 Å². The molecule has 1 atom stereocenters. The van der Waals surface area contributed by atoms with Crippen molar-refractivity contribution in [2.75, 3.05) is 13.1 Å². The zero-order valence-electron chi connectivity index (χ0n) is 7.72. The van der Waals surface area contributed by atoms with Gasteiger partial charge in [-0.25, -0.2) is 0 Å². The molecular formula is C9H15BrN2S. The molecule has 1 heterocycles. The Hall–Kier alpha value is 0.100. The zero-order valence-corrected chi connectivity index (χ0v) is 10.1. The average molecular weight is 263 g/mol. The number of nitrogens with two attached hydrogens (primary N) is 1. The SMILES string of the molecule is CC(NCCCN)c1sccc1Br. The van der Waals surface area contributed by atoms with Crippen LogP contribution in [0.3, 0.4) is 0 Å². The maximum absolute atomic E-state index is 5.42. The summed E-state index contributed by atoms with van der Waals surface area (Å²) < 4.78 is 1.20. The van der Waals surface area contributed by atoms with Gasteiger partial charge in [0.2, 0.25) is 0 Å². The van der Waals surface area contributed by atoms with E-state index < -0.39 is 0 Å². The maximum atomic E-state index is 5.42. The Balaban J connectivity index is 2.39. The van der Waals surface area contributed by atoms with Crippen LogP contribution in [0.25, 0.3) is 0 Å². The molecule has 0 spiro atoms. The van der Waals surface area contributed by atoms with Gasteiger partial charge < -0.3 is 11.1 Å². The molecule has 0 aliphatic carbocycles. The van der Waals surface area contributed by atoms with E-state index in [1.807, 2.05) is 0 Å². The number of thiophene rings is 1. The van der Waals surface area contributed by atoms with Crippen molar-refractivity contribution < 1.29 is 0 Å². The fourth-order valence-corrected chi connectivity index (χ4v) is 2.88. The van der Waals surface area contributed by atoms with Gasteiger partial charge in [0.25, 0.3) is 0 Å². The third-order valence-electron chi connectivity index (χ3n) is 1.87. The van der Waals surface area contributed by atoms with Crippen LogP contribution < -0.4 is 11.1 Å². The quantitative estimate of drug-likeness (QED) is 0.801. The summed E-state index contributed by atoms with van der Waals surface area (Å²) in [6.07, 6.45) is 1.04. The zero-order chi connectivity index (χ0) is 9.68. The Kier molecular flexibility index (Phi) is 4.94. The highest BCUT2D eigenvalue weighted by Gasteiger charge is 2.08. The maximum Gasteiger partial charge on any atom is 0.0397 e. The number of hydrogen-bond donors (Lipinski definition) is 2. The Morgan fingerprint density at radius 1 is 1.69 bits per heavy atom. The van der Waals surface area contributed by atoms with Crippen LogP contribution in [0.1, 0.15) is 24.3 Å². The lowest BCUT2D eigenvalue weighted by Crippen LogP contribution is -2.21. The van der Waals surface area contributed by atoms with Crippen molar-refractivity contribution in [2.24, 2.45) is 5.73 Å². The van der Waals surface area contributed by atoms with Gasteiger partial charge in [0.1, 0.15) is 0 Å². The van der Waals surface area contributed by atoms with Gasteiger partial charge in [-0.1, -0.05) is 0 Å². The summed E-state index contributed by atoms with van der Waals surface area (Å²) in [4.78, 5) is 1.36. The lowest BCUT2D eigenvalue weighted by Gasteiger charge is -2.12. The summed E-state index contributed by atoms with van der Waals surface area (Å²) in [5.41, 5.74) is 5.42. The molecule has 13 heavy (non-hydrogen) atoms. The monoisotopic (exact) mass is 262 g/mol. The molecule has 1 aromatic rings. The lowest BCUT2D eigenvalue weighted by atomic mass is 10.2. The topological polar surface area (TPSA) is 38.0 Å². The van der Waals surface area contributed by atoms with E-state index in [-0.39, 0.29) is 0 Å². The minimum atomic E-state index is 0.418. The fraction of sp³-hybridized carbons (Fsp3) is 0.556. The van der Waals surface area contributed by atoms with Crippen molar-refractivity contribution >= 4 is 27.3 Å². The van der Waals surface area contributed by atoms with E-state index in [1.165, 1.54) is 9.35 Å². The molecule has 0 amide bonds. The first-order chi connectivity index (χ1) is 6.25. The van der Waals surface area contributed by atoms with Crippen LogP contribution in [0.2, 0.25) is 0 Å². The first kappa shape index (κ1) is 11.2. The smallest absolute Gasteiger partial charge is 0.0397 e. The molecule has 4 heteroatoms. The molecule has 0 aliphatic rings. The highest BCUT2D eigenvalue weighted by molar-refractivity contribution is 9.10. The van der Waals surface area contributed by atoms with Crippen molar-refractivity contribution in [2.45, 2.75) is 19.4 Å². The van der Waals surface area contributed by atoms with Crippen LogP contribution >= 0.6 is 27.3 Å². The minimum absolute atomic E-state index is 0.418. The molecular weight excluding hydrogens is 248 g/mol. The first-order valence-corrected chi connectivity index (χ1v) is 6.09. The van der Waals surface area contributed by atoms with Crippen LogP contribution in [0.4, 0.5) is 0 Å². The highest BCUT2D eigenvalue weighted by atomic mass is 79.9. The molecule has 0 fully saturated rings. The molecule has 3 N–H and O–H groups in total. The van der Waals surface area contributed by atoms with Crippen LogP contribution in [-0.2, 0) is 0 Å². The molecule has 0 saturated carbocycles. The molecule has 0 bridgehead atoms. The summed E-state index contributed by atoms with van der Waals surface area (Å²) in [5.74, 6) is 0. The first-order valence-electron chi connectivity index (χ1n) is 4.42. The van der Waals surface area contributed by atoms with Gasteiger partial charge in [0.05, 0.1) is 0 Å². The van der Waals surface area contributed by atoms with E-state index in [4.69, 9.17) is 5.73 Å². The summed E-state index contributed by atoms with van der Waals surface area (Å²) in [6, 6.07) is 2.50. The standard InChI is InChI=1S/C9H15BrN2S/c1-7(12-5-2-4-11)9-8(10)3-6-13-9/h3,6-7,12H,2,4-5,11H2,1H3. The van der Waals surface area contributed by atoms with Gasteiger partial charge in [0, 0.05) is 15.4 Å². The Morgan fingerprint density at radius 3 is 3.00 bits per heavy atom. The summed E-state index contributed by atoms with van der Waals surface area (Å²) in [7, 11) is 0. The van der Waals surface area contributed by atoms with Crippen LogP contribution in [-0.4, -0.2) is 13.1 Å². The predicted octanol–water partition coefficient (Wildman–Crippen LogP) is 2.51. The summed E-state index contributed by atoms with van der Waals surface area (Å²) in [6.45, 7) is 3.92. The van der Waals surface area contributed by atoms with Crippen molar-refractivity contribution in [3.63, 3.8) is 0 Å². The third-order valence-corrected chi connectivity index (χ3v) is 3.92. The molecule has 0 aliphatic heterocycles. The second kappa shape index (κ2) is 5.75. The average Bonchev–Trinajstić information content (AvgIpc) is 2.52. The van der Waals surface area contributed by atoms with Crippen molar-refractivity contribution in [3.8, 4) is 0 Å². The van der Waals surface area contributed by atoms with Crippen molar-refractivity contribution in [1.82, 2.24) is 5.32 Å². The minimum Gasteiger partial charge on any atom is -0.330 e. The predicted molar refractivity (Wildman–Crippen MR) is 62.1 cm³/mol. The fourth-order valence-electron chi connectivity index (χ4n) is 1.13. The van der Waals surface area contributed by atoms with Gasteiger partial charge in [-0.3, -0.25) is 0 Å². The Morgan fingerprint density at radius 2 is 2.46 bits per heavy atom. The molecule has 1 rings (SSSR count). The van der Waals surface area contributed by atoms with Crippen molar-refractivity contribution in [1.29, 1.82) is 0 Å². The molecule has 0 radical (unpaired) electrons. The summed E-state index contributed by atoms with van der Waals surface area (Å²) >= 11 is 5.30. The van der Waals surface area contributed by atoms with Gasteiger partial charge >= 0.3 is 0 Å². The number of rotatable bonds is 5. The van der Waals surface area contributed by atoms with E-state index in [2.05, 4.69) is 39.6 Å². The molecule has 0 aromatic carbocycles. The van der Waals surface area contributed by atoms with Crippen molar-refractivity contribution in [3.05, 3.63) is 20.8 Å². The molecule has 2 nitrogen and oxygen atoms in total. The normalized spacial score (nSPS) is 13.2. The molecule has 1 unspecified atom stereocenters. The van der Waals surface area contributed by atoms with Gasteiger partial charge in [-0.2, -0.15) is 0 Å².